The average molecular weight is 210 g/mol. The Bertz CT molecular complexity index is 345. The molecular formula is C11H18N2O2. The van der Waals surface area contributed by atoms with Crippen molar-refractivity contribution >= 4 is 5.91 Å². The molecule has 4 unspecified atom stereocenters. The van der Waals surface area contributed by atoms with Crippen molar-refractivity contribution in [2.24, 2.45) is 22.6 Å². The molecule has 1 amide bonds. The topological polar surface area (TPSA) is 64.3 Å². The van der Waals surface area contributed by atoms with Gasteiger partial charge in [0.1, 0.15) is 0 Å². The second-order valence-corrected chi connectivity index (χ2v) is 5.78. The molecule has 1 saturated heterocycles. The predicted molar refractivity (Wildman–Crippen MR) is 54.6 cm³/mol. The molecule has 3 aliphatic rings. The highest BCUT2D eigenvalue weighted by atomic mass is 16.5. The van der Waals surface area contributed by atoms with Crippen molar-refractivity contribution in [1.29, 1.82) is 0 Å². The van der Waals surface area contributed by atoms with Crippen molar-refractivity contribution in [1.82, 2.24) is 5.43 Å². The highest BCUT2D eigenvalue weighted by molar-refractivity contribution is 5.87. The van der Waals surface area contributed by atoms with Gasteiger partial charge in [0.25, 0.3) is 5.91 Å². The highest BCUT2D eigenvalue weighted by Crippen LogP contribution is 2.74. The summed E-state index contributed by atoms with van der Waals surface area (Å²) in [5.41, 5.74) is 1.81. The summed E-state index contributed by atoms with van der Waals surface area (Å²) in [5.74, 6) is 5.79. The smallest absolute Gasteiger partial charge is 0.266 e. The van der Waals surface area contributed by atoms with Crippen LogP contribution in [0.25, 0.3) is 0 Å². The molecular weight excluding hydrogens is 192 g/mol. The van der Waals surface area contributed by atoms with E-state index < -0.39 is 5.60 Å². The lowest BCUT2D eigenvalue weighted by Gasteiger charge is -2.39. The Morgan fingerprint density at radius 1 is 1.53 bits per heavy atom. The number of amides is 1. The SMILES string of the molecule is CC12COC3(C(=O)NN)CC1CCC32C. The molecule has 0 aromatic heterocycles. The molecule has 15 heavy (non-hydrogen) atoms. The van der Waals surface area contributed by atoms with E-state index in [0.717, 1.165) is 12.8 Å². The first-order chi connectivity index (χ1) is 7.00. The van der Waals surface area contributed by atoms with Crippen molar-refractivity contribution in [3.8, 4) is 0 Å². The van der Waals surface area contributed by atoms with Crippen molar-refractivity contribution in [3.05, 3.63) is 0 Å². The molecule has 0 aromatic rings. The third kappa shape index (κ3) is 0.712. The summed E-state index contributed by atoms with van der Waals surface area (Å²) in [6.45, 7) is 5.17. The Hall–Kier alpha value is -0.610. The van der Waals surface area contributed by atoms with Crippen LogP contribution in [0.5, 0.6) is 0 Å². The monoisotopic (exact) mass is 210 g/mol. The van der Waals surface area contributed by atoms with Crippen LogP contribution >= 0.6 is 0 Å². The van der Waals surface area contributed by atoms with Gasteiger partial charge in [-0.05, 0) is 25.2 Å². The summed E-state index contributed by atoms with van der Waals surface area (Å²) in [6.07, 6.45) is 3.17. The summed E-state index contributed by atoms with van der Waals surface area (Å²) in [7, 11) is 0. The zero-order chi connectivity index (χ0) is 10.9. The molecule has 4 nitrogen and oxygen atoms in total. The molecule has 4 heteroatoms. The van der Waals surface area contributed by atoms with E-state index in [1.807, 2.05) is 0 Å². The van der Waals surface area contributed by atoms with Crippen LogP contribution in [0.3, 0.4) is 0 Å². The second-order valence-electron chi connectivity index (χ2n) is 5.78. The van der Waals surface area contributed by atoms with Crippen molar-refractivity contribution in [3.63, 3.8) is 0 Å². The van der Waals surface area contributed by atoms with Gasteiger partial charge in [-0.2, -0.15) is 0 Å². The van der Waals surface area contributed by atoms with Gasteiger partial charge in [-0.3, -0.25) is 10.2 Å². The van der Waals surface area contributed by atoms with Gasteiger partial charge in [0.05, 0.1) is 6.61 Å². The average Bonchev–Trinajstić information content (AvgIpc) is 2.70. The molecule has 3 rings (SSSR count). The molecule has 1 heterocycles. The maximum absolute atomic E-state index is 12.0. The first-order valence-electron chi connectivity index (χ1n) is 5.65. The summed E-state index contributed by atoms with van der Waals surface area (Å²) >= 11 is 0. The summed E-state index contributed by atoms with van der Waals surface area (Å²) in [5, 5.41) is 0. The van der Waals surface area contributed by atoms with Gasteiger partial charge >= 0.3 is 0 Å². The van der Waals surface area contributed by atoms with E-state index in [-0.39, 0.29) is 16.7 Å². The second kappa shape index (κ2) is 2.38. The van der Waals surface area contributed by atoms with Crippen LogP contribution in [0.2, 0.25) is 0 Å². The third-order valence-electron chi connectivity index (χ3n) is 5.70. The molecule has 0 spiro atoms. The van der Waals surface area contributed by atoms with E-state index in [1.54, 1.807) is 0 Å². The lowest BCUT2D eigenvalue weighted by molar-refractivity contribution is -0.155. The summed E-state index contributed by atoms with van der Waals surface area (Å²) < 4.78 is 5.84. The van der Waals surface area contributed by atoms with E-state index in [0.29, 0.717) is 12.5 Å². The minimum Gasteiger partial charge on any atom is -0.364 e. The van der Waals surface area contributed by atoms with E-state index in [4.69, 9.17) is 10.6 Å². The van der Waals surface area contributed by atoms with Crippen LogP contribution in [0.15, 0.2) is 0 Å². The zero-order valence-electron chi connectivity index (χ0n) is 9.30. The lowest BCUT2D eigenvalue weighted by Crippen LogP contribution is -2.56. The van der Waals surface area contributed by atoms with E-state index >= 15 is 0 Å². The first-order valence-corrected chi connectivity index (χ1v) is 5.65. The fraction of sp³-hybridized carbons (Fsp3) is 0.909. The van der Waals surface area contributed by atoms with Crippen molar-refractivity contribution < 1.29 is 9.53 Å². The lowest BCUT2D eigenvalue weighted by atomic mass is 9.66. The van der Waals surface area contributed by atoms with Gasteiger partial charge in [-0.15, -0.1) is 0 Å². The quantitative estimate of drug-likeness (QED) is 0.378. The Morgan fingerprint density at radius 3 is 2.80 bits per heavy atom. The summed E-state index contributed by atoms with van der Waals surface area (Å²) in [6, 6.07) is 0. The molecule has 2 aliphatic carbocycles. The Morgan fingerprint density at radius 2 is 2.27 bits per heavy atom. The van der Waals surface area contributed by atoms with E-state index in [9.17, 15) is 4.79 Å². The predicted octanol–water partition coefficient (Wildman–Crippen LogP) is 0.572. The Balaban J connectivity index is 2.12. The number of hydrogen-bond donors (Lipinski definition) is 2. The largest absolute Gasteiger partial charge is 0.364 e. The maximum atomic E-state index is 12.0. The molecule has 1 aliphatic heterocycles. The first kappa shape index (κ1) is 9.60. The van der Waals surface area contributed by atoms with Crippen LogP contribution in [0, 0.1) is 16.7 Å². The fourth-order valence-corrected chi connectivity index (χ4v) is 4.37. The maximum Gasteiger partial charge on any atom is 0.266 e. The van der Waals surface area contributed by atoms with Gasteiger partial charge in [-0.25, -0.2) is 5.84 Å². The number of nitrogens with one attached hydrogen (secondary N) is 1. The van der Waals surface area contributed by atoms with Gasteiger partial charge in [0.2, 0.25) is 0 Å². The number of ether oxygens (including phenoxy) is 1. The molecule has 0 aromatic carbocycles. The van der Waals surface area contributed by atoms with E-state index in [2.05, 4.69) is 19.3 Å². The van der Waals surface area contributed by atoms with Crippen LogP contribution in [0.1, 0.15) is 33.1 Å². The van der Waals surface area contributed by atoms with E-state index in [1.165, 1.54) is 6.42 Å². The number of carbonyl (C=O) groups is 1. The van der Waals surface area contributed by atoms with Crippen LogP contribution in [-0.4, -0.2) is 18.1 Å². The summed E-state index contributed by atoms with van der Waals surface area (Å²) in [4.78, 5) is 12.0. The zero-order valence-corrected chi connectivity index (χ0v) is 9.30. The normalized spacial score (nSPS) is 56.1. The van der Waals surface area contributed by atoms with Crippen molar-refractivity contribution in [2.75, 3.05) is 6.61 Å². The fourth-order valence-electron chi connectivity index (χ4n) is 4.37. The van der Waals surface area contributed by atoms with Crippen LogP contribution in [0.4, 0.5) is 0 Å². The molecule has 2 saturated carbocycles. The molecule has 4 bridgehead atoms. The van der Waals surface area contributed by atoms with Gasteiger partial charge in [0.15, 0.2) is 5.60 Å². The molecule has 3 fully saturated rings. The molecule has 3 N–H and O–H groups in total. The number of rotatable bonds is 1. The van der Waals surface area contributed by atoms with Crippen LogP contribution < -0.4 is 11.3 Å². The third-order valence-corrected chi connectivity index (χ3v) is 5.70. The minimum atomic E-state index is -0.639. The van der Waals surface area contributed by atoms with Gasteiger partial charge in [-0.1, -0.05) is 13.8 Å². The van der Waals surface area contributed by atoms with Crippen molar-refractivity contribution in [2.45, 2.75) is 38.7 Å². The molecule has 4 atom stereocenters. The standard InChI is InChI=1S/C11H18N2O2/c1-9-6-15-11(8(14)13-12)5-7(9)3-4-10(9,11)2/h7H,3-6,12H2,1-2H3,(H,13,14). The van der Waals surface area contributed by atoms with Gasteiger partial charge in [0, 0.05) is 10.8 Å². The minimum absolute atomic E-state index is 0.0197. The number of carbonyl (C=O) groups excluding carboxylic acids is 1. The Labute approximate surface area is 89.5 Å². The van der Waals surface area contributed by atoms with Gasteiger partial charge < -0.3 is 4.74 Å². The Kier molecular flexibility index (Phi) is 1.52. The molecule has 0 radical (unpaired) electrons. The molecule has 84 valence electrons. The highest BCUT2D eigenvalue weighted by Gasteiger charge is 2.78. The number of hydrazine groups is 1. The number of nitrogens with two attached hydrogens (primary N) is 1. The number of hydrogen-bond acceptors (Lipinski definition) is 3. The van der Waals surface area contributed by atoms with Crippen LogP contribution in [-0.2, 0) is 9.53 Å².